The molecular formula is C13H15ClN2O3. The van der Waals surface area contributed by atoms with Crippen molar-refractivity contribution in [2.24, 2.45) is 5.92 Å². The summed E-state index contributed by atoms with van der Waals surface area (Å²) in [7, 11) is 1.42. The van der Waals surface area contributed by atoms with Gasteiger partial charge in [0.2, 0.25) is 0 Å². The number of morpholine rings is 1. The first-order chi connectivity index (χ1) is 9.20. The van der Waals surface area contributed by atoms with Gasteiger partial charge in [0.25, 0.3) is 0 Å². The molecule has 5 nitrogen and oxygen atoms in total. The average molecular weight is 283 g/mol. The predicted molar refractivity (Wildman–Crippen MR) is 70.4 cm³/mol. The molecular weight excluding hydrogens is 268 g/mol. The van der Waals surface area contributed by atoms with Gasteiger partial charge in [0, 0.05) is 19.2 Å². The number of halogens is 1. The fourth-order valence-electron chi connectivity index (χ4n) is 2.85. The van der Waals surface area contributed by atoms with E-state index >= 15 is 0 Å². The van der Waals surface area contributed by atoms with Crippen LogP contribution in [0.25, 0.3) is 0 Å². The van der Waals surface area contributed by atoms with Gasteiger partial charge in [-0.2, -0.15) is 0 Å². The number of pyridine rings is 1. The van der Waals surface area contributed by atoms with E-state index in [1.165, 1.54) is 7.11 Å². The molecule has 0 amide bonds. The Morgan fingerprint density at radius 3 is 3.26 bits per heavy atom. The maximum atomic E-state index is 11.9. The number of rotatable bonds is 1. The minimum Gasteiger partial charge on any atom is -0.469 e. The molecule has 0 radical (unpaired) electrons. The Morgan fingerprint density at radius 1 is 1.63 bits per heavy atom. The summed E-state index contributed by atoms with van der Waals surface area (Å²) >= 11 is 6.02. The molecule has 0 aliphatic carbocycles. The minimum absolute atomic E-state index is 0.00830. The second kappa shape index (κ2) is 4.98. The number of aromatic nitrogens is 1. The van der Waals surface area contributed by atoms with Gasteiger partial charge < -0.3 is 14.4 Å². The fraction of sp³-hybridized carbons (Fsp3) is 0.538. The zero-order valence-electron chi connectivity index (χ0n) is 10.6. The second-order valence-electron chi connectivity index (χ2n) is 4.79. The van der Waals surface area contributed by atoms with Crippen molar-refractivity contribution in [2.75, 3.05) is 31.8 Å². The maximum absolute atomic E-state index is 11.9. The zero-order valence-corrected chi connectivity index (χ0v) is 11.4. The Balaban J connectivity index is 2.01. The standard InChI is InChI=1S/C13H15ClN2O3/c1-18-13(17)9-5-10-11(4-8(14)6-15-10)16-2-3-19-7-12(9)16/h4,6,9,12H,2-3,5,7H2,1H3. The first-order valence-electron chi connectivity index (χ1n) is 6.27. The van der Waals surface area contributed by atoms with Crippen molar-refractivity contribution in [3.8, 4) is 0 Å². The first kappa shape index (κ1) is 12.7. The third-order valence-corrected chi connectivity index (χ3v) is 3.98. The maximum Gasteiger partial charge on any atom is 0.311 e. The highest BCUT2D eigenvalue weighted by molar-refractivity contribution is 6.30. The third kappa shape index (κ3) is 2.17. The third-order valence-electron chi connectivity index (χ3n) is 3.77. The number of carbonyl (C=O) groups excluding carboxylic acids is 1. The van der Waals surface area contributed by atoms with Crippen LogP contribution in [0.5, 0.6) is 0 Å². The van der Waals surface area contributed by atoms with Gasteiger partial charge >= 0.3 is 5.97 Å². The van der Waals surface area contributed by atoms with E-state index in [1.807, 2.05) is 6.07 Å². The lowest BCUT2D eigenvalue weighted by Crippen LogP contribution is -2.55. The molecule has 102 valence electrons. The summed E-state index contributed by atoms with van der Waals surface area (Å²) in [5.74, 6) is -0.436. The van der Waals surface area contributed by atoms with Crippen molar-refractivity contribution < 1.29 is 14.3 Å². The first-order valence-corrected chi connectivity index (χ1v) is 6.65. The van der Waals surface area contributed by atoms with Crippen LogP contribution in [0.15, 0.2) is 12.3 Å². The number of ether oxygens (including phenoxy) is 2. The van der Waals surface area contributed by atoms with Crippen LogP contribution in [-0.2, 0) is 20.7 Å². The quantitative estimate of drug-likeness (QED) is 0.727. The largest absolute Gasteiger partial charge is 0.469 e. The van der Waals surface area contributed by atoms with Crippen molar-refractivity contribution in [3.05, 3.63) is 23.0 Å². The number of carbonyl (C=O) groups is 1. The van der Waals surface area contributed by atoms with Gasteiger partial charge in [0.1, 0.15) is 0 Å². The molecule has 0 aromatic carbocycles. The summed E-state index contributed by atoms with van der Waals surface area (Å²) < 4.78 is 10.4. The van der Waals surface area contributed by atoms with Crippen LogP contribution >= 0.6 is 11.6 Å². The lowest BCUT2D eigenvalue weighted by molar-refractivity contribution is -0.147. The number of anilines is 1. The molecule has 1 saturated heterocycles. The topological polar surface area (TPSA) is 51.7 Å². The molecule has 1 fully saturated rings. The lowest BCUT2D eigenvalue weighted by atomic mass is 9.87. The van der Waals surface area contributed by atoms with Gasteiger partial charge in [-0.15, -0.1) is 0 Å². The van der Waals surface area contributed by atoms with E-state index in [9.17, 15) is 4.79 Å². The van der Waals surface area contributed by atoms with Gasteiger partial charge in [-0.1, -0.05) is 11.6 Å². The molecule has 2 aliphatic rings. The average Bonchev–Trinajstić information content (AvgIpc) is 2.46. The highest BCUT2D eigenvalue weighted by Gasteiger charge is 2.41. The Morgan fingerprint density at radius 2 is 2.47 bits per heavy atom. The van der Waals surface area contributed by atoms with Crippen molar-refractivity contribution in [1.82, 2.24) is 4.98 Å². The predicted octanol–water partition coefficient (Wildman–Crippen LogP) is 1.29. The summed E-state index contributed by atoms with van der Waals surface area (Å²) in [5.41, 5.74) is 1.92. The SMILES string of the molecule is COC(=O)C1Cc2ncc(Cl)cc2N2CCOCC12. The number of hydrogen-bond acceptors (Lipinski definition) is 5. The Kier molecular flexibility index (Phi) is 3.33. The number of esters is 1. The van der Waals surface area contributed by atoms with E-state index in [1.54, 1.807) is 6.20 Å². The van der Waals surface area contributed by atoms with Crippen molar-refractivity contribution in [2.45, 2.75) is 12.5 Å². The lowest BCUT2D eigenvalue weighted by Gasteiger charge is -2.44. The summed E-state index contributed by atoms with van der Waals surface area (Å²) in [5, 5.41) is 0.612. The molecule has 3 rings (SSSR count). The van der Waals surface area contributed by atoms with E-state index in [4.69, 9.17) is 21.1 Å². The molecule has 3 heterocycles. The van der Waals surface area contributed by atoms with Gasteiger partial charge in [0.05, 0.1) is 48.7 Å². The minimum atomic E-state index is -0.230. The van der Waals surface area contributed by atoms with Crippen molar-refractivity contribution >= 4 is 23.3 Å². The molecule has 0 bridgehead atoms. The fourth-order valence-corrected chi connectivity index (χ4v) is 3.01. The van der Waals surface area contributed by atoms with E-state index in [0.717, 1.165) is 17.9 Å². The molecule has 2 atom stereocenters. The van der Waals surface area contributed by atoms with Gasteiger partial charge in [-0.05, 0) is 6.07 Å². The molecule has 2 aliphatic heterocycles. The molecule has 19 heavy (non-hydrogen) atoms. The van der Waals surface area contributed by atoms with Crippen LogP contribution in [0.2, 0.25) is 5.02 Å². The van der Waals surface area contributed by atoms with Gasteiger partial charge in [-0.3, -0.25) is 9.78 Å². The zero-order chi connectivity index (χ0) is 13.4. The Hall–Kier alpha value is -1.33. The summed E-state index contributed by atoms with van der Waals surface area (Å²) in [6, 6.07) is 1.92. The summed E-state index contributed by atoms with van der Waals surface area (Å²) in [6.07, 6.45) is 2.19. The smallest absolute Gasteiger partial charge is 0.311 e. The number of fused-ring (bicyclic) bond motifs is 3. The summed E-state index contributed by atoms with van der Waals surface area (Å²) in [6.45, 7) is 1.93. The number of methoxy groups -OCH3 is 1. The molecule has 1 aromatic heterocycles. The highest BCUT2D eigenvalue weighted by atomic mass is 35.5. The van der Waals surface area contributed by atoms with E-state index in [2.05, 4.69) is 9.88 Å². The number of hydrogen-bond donors (Lipinski definition) is 0. The molecule has 0 spiro atoms. The van der Waals surface area contributed by atoms with Crippen LogP contribution in [0, 0.1) is 5.92 Å². The van der Waals surface area contributed by atoms with Crippen LogP contribution in [0.3, 0.4) is 0 Å². The Bertz CT molecular complexity index is 509. The molecule has 2 unspecified atom stereocenters. The van der Waals surface area contributed by atoms with Crippen LogP contribution in [-0.4, -0.2) is 43.9 Å². The van der Waals surface area contributed by atoms with E-state index in [0.29, 0.717) is 24.7 Å². The van der Waals surface area contributed by atoms with Crippen LogP contribution in [0.1, 0.15) is 5.69 Å². The molecule has 0 saturated carbocycles. The highest BCUT2D eigenvalue weighted by Crippen LogP contribution is 2.36. The second-order valence-corrected chi connectivity index (χ2v) is 5.23. The number of nitrogens with zero attached hydrogens (tertiary/aromatic N) is 2. The van der Waals surface area contributed by atoms with Gasteiger partial charge in [-0.25, -0.2) is 0 Å². The Labute approximate surface area is 116 Å². The van der Waals surface area contributed by atoms with Crippen LogP contribution in [0.4, 0.5) is 5.69 Å². The van der Waals surface area contributed by atoms with Crippen molar-refractivity contribution in [3.63, 3.8) is 0 Å². The van der Waals surface area contributed by atoms with E-state index in [-0.39, 0.29) is 17.9 Å². The summed E-state index contributed by atoms with van der Waals surface area (Å²) in [4.78, 5) is 18.5. The van der Waals surface area contributed by atoms with Crippen molar-refractivity contribution in [1.29, 1.82) is 0 Å². The monoisotopic (exact) mass is 282 g/mol. The normalized spacial score (nSPS) is 25.5. The van der Waals surface area contributed by atoms with E-state index < -0.39 is 0 Å². The molecule has 6 heteroatoms. The van der Waals surface area contributed by atoms with Gasteiger partial charge in [0.15, 0.2) is 0 Å². The molecule has 1 aromatic rings. The molecule has 0 N–H and O–H groups in total. The van der Waals surface area contributed by atoms with Crippen LogP contribution < -0.4 is 4.90 Å².